The van der Waals surface area contributed by atoms with Crippen LogP contribution in [0.2, 0.25) is 0 Å². The molecule has 0 aliphatic rings. The van der Waals surface area contributed by atoms with E-state index in [4.69, 9.17) is 0 Å². The van der Waals surface area contributed by atoms with Crippen LogP contribution >= 0.6 is 0 Å². The first-order valence-electron chi connectivity index (χ1n) is 8.56. The van der Waals surface area contributed by atoms with Gasteiger partial charge in [0.05, 0.1) is 18.4 Å². The highest BCUT2D eigenvalue weighted by atomic mass is 19.1. The molecule has 0 spiro atoms. The minimum absolute atomic E-state index is 0.00790. The standard InChI is InChI=1S/C21H15FN4O2/c22-16-7-5-14(6-8-16)13-26-19-15(3-1-10-24-19)11-18(21(26)28)20(27)25-17-4-2-9-23-12-17/h1-12H,13H2,(H,25,27). The third kappa shape index (κ3) is 3.50. The van der Waals surface area contributed by atoms with Gasteiger partial charge >= 0.3 is 0 Å². The van der Waals surface area contributed by atoms with Gasteiger partial charge in [0.2, 0.25) is 0 Å². The van der Waals surface area contributed by atoms with Gasteiger partial charge in [-0.1, -0.05) is 12.1 Å². The molecule has 7 heteroatoms. The van der Waals surface area contributed by atoms with E-state index in [0.29, 0.717) is 16.7 Å². The number of nitrogens with zero attached hydrogens (tertiary/aromatic N) is 3. The van der Waals surface area contributed by atoms with Crippen molar-refractivity contribution in [1.29, 1.82) is 0 Å². The zero-order valence-electron chi connectivity index (χ0n) is 14.7. The Morgan fingerprint density at radius 1 is 1.07 bits per heavy atom. The zero-order valence-corrected chi connectivity index (χ0v) is 14.7. The van der Waals surface area contributed by atoms with E-state index in [0.717, 1.165) is 5.56 Å². The molecule has 6 nitrogen and oxygen atoms in total. The van der Waals surface area contributed by atoms with Crippen LogP contribution in [0, 0.1) is 5.82 Å². The number of anilines is 1. The summed E-state index contributed by atoms with van der Waals surface area (Å²) >= 11 is 0. The predicted molar refractivity (Wildman–Crippen MR) is 104 cm³/mol. The van der Waals surface area contributed by atoms with E-state index in [1.165, 1.54) is 29.0 Å². The van der Waals surface area contributed by atoms with Gasteiger partial charge in [-0.3, -0.25) is 19.1 Å². The number of rotatable bonds is 4. The molecular weight excluding hydrogens is 359 g/mol. The van der Waals surface area contributed by atoms with Crippen molar-refractivity contribution in [2.75, 3.05) is 5.32 Å². The second kappa shape index (κ2) is 7.40. The summed E-state index contributed by atoms with van der Waals surface area (Å²) in [5.74, 6) is -0.889. The van der Waals surface area contributed by atoms with Crippen LogP contribution in [0.1, 0.15) is 15.9 Å². The molecule has 0 unspecified atom stereocenters. The molecule has 0 aliphatic heterocycles. The third-order valence-electron chi connectivity index (χ3n) is 4.27. The number of nitrogens with one attached hydrogen (secondary N) is 1. The normalized spacial score (nSPS) is 10.8. The Morgan fingerprint density at radius 3 is 2.61 bits per heavy atom. The molecule has 0 saturated heterocycles. The lowest BCUT2D eigenvalue weighted by Gasteiger charge is -2.12. The van der Waals surface area contributed by atoms with Crippen molar-refractivity contribution in [2.24, 2.45) is 0 Å². The number of amides is 1. The van der Waals surface area contributed by atoms with Gasteiger partial charge < -0.3 is 5.32 Å². The van der Waals surface area contributed by atoms with E-state index in [1.54, 1.807) is 48.8 Å². The van der Waals surface area contributed by atoms with E-state index in [9.17, 15) is 14.0 Å². The summed E-state index contributed by atoms with van der Waals surface area (Å²) in [6, 6.07) is 14.3. The summed E-state index contributed by atoms with van der Waals surface area (Å²) in [7, 11) is 0. The molecule has 1 N–H and O–H groups in total. The minimum Gasteiger partial charge on any atom is -0.320 e. The smallest absolute Gasteiger partial charge is 0.265 e. The first kappa shape index (κ1) is 17.5. The Morgan fingerprint density at radius 2 is 1.86 bits per heavy atom. The fourth-order valence-electron chi connectivity index (χ4n) is 2.92. The molecule has 1 amide bonds. The number of fused-ring (bicyclic) bond motifs is 1. The highest BCUT2D eigenvalue weighted by Crippen LogP contribution is 2.14. The molecule has 0 atom stereocenters. The lowest BCUT2D eigenvalue weighted by Crippen LogP contribution is -2.30. The van der Waals surface area contributed by atoms with Gasteiger partial charge in [-0.15, -0.1) is 0 Å². The second-order valence-electron chi connectivity index (χ2n) is 6.19. The number of carbonyl (C=O) groups is 1. The maximum atomic E-state index is 13.2. The maximum Gasteiger partial charge on any atom is 0.265 e. The fourth-order valence-corrected chi connectivity index (χ4v) is 2.92. The largest absolute Gasteiger partial charge is 0.320 e. The van der Waals surface area contributed by atoms with Crippen LogP contribution < -0.4 is 10.9 Å². The number of halogens is 1. The average molecular weight is 374 g/mol. The SMILES string of the molecule is O=C(Nc1cccnc1)c1cc2cccnc2n(Cc2ccc(F)cc2)c1=O. The first-order chi connectivity index (χ1) is 13.6. The van der Waals surface area contributed by atoms with Crippen LogP contribution in [0.4, 0.5) is 10.1 Å². The van der Waals surface area contributed by atoms with E-state index in [2.05, 4.69) is 15.3 Å². The molecule has 0 bridgehead atoms. The minimum atomic E-state index is -0.531. The van der Waals surface area contributed by atoms with Crippen LogP contribution in [0.15, 0.2) is 78.0 Å². The summed E-state index contributed by atoms with van der Waals surface area (Å²) in [5.41, 5.74) is 1.18. The van der Waals surface area contributed by atoms with Crippen molar-refractivity contribution < 1.29 is 9.18 Å². The van der Waals surface area contributed by atoms with Gasteiger partial charge in [0, 0.05) is 17.8 Å². The summed E-state index contributed by atoms with van der Waals surface area (Å²) in [6.07, 6.45) is 4.67. The topological polar surface area (TPSA) is 76.9 Å². The van der Waals surface area contributed by atoms with Gasteiger partial charge in [0.15, 0.2) is 0 Å². The molecule has 0 fully saturated rings. The Labute approximate surface area is 159 Å². The van der Waals surface area contributed by atoms with Crippen LogP contribution in [0.3, 0.4) is 0 Å². The Balaban J connectivity index is 1.79. The van der Waals surface area contributed by atoms with Gasteiger partial charge in [0.1, 0.15) is 17.0 Å². The third-order valence-corrected chi connectivity index (χ3v) is 4.27. The molecule has 3 heterocycles. The van der Waals surface area contributed by atoms with Crippen molar-refractivity contribution in [2.45, 2.75) is 6.54 Å². The van der Waals surface area contributed by atoms with Crippen LogP contribution in [-0.4, -0.2) is 20.4 Å². The number of hydrogen-bond acceptors (Lipinski definition) is 4. The van der Waals surface area contributed by atoms with Gasteiger partial charge in [-0.2, -0.15) is 0 Å². The lowest BCUT2D eigenvalue weighted by atomic mass is 10.1. The van der Waals surface area contributed by atoms with Gasteiger partial charge in [0.25, 0.3) is 11.5 Å². The Bertz CT molecular complexity index is 1200. The molecule has 0 radical (unpaired) electrons. The van der Waals surface area contributed by atoms with Crippen molar-refractivity contribution in [3.05, 3.63) is 100 Å². The van der Waals surface area contributed by atoms with Crippen molar-refractivity contribution >= 4 is 22.6 Å². The summed E-state index contributed by atoms with van der Waals surface area (Å²) in [4.78, 5) is 34.0. The summed E-state index contributed by atoms with van der Waals surface area (Å²) in [5, 5.41) is 3.33. The van der Waals surface area contributed by atoms with Crippen LogP contribution in [0.25, 0.3) is 11.0 Å². The highest BCUT2D eigenvalue weighted by molar-refractivity contribution is 6.05. The van der Waals surface area contributed by atoms with Gasteiger partial charge in [-0.05, 0) is 48.0 Å². The van der Waals surface area contributed by atoms with E-state index >= 15 is 0 Å². The molecule has 0 aliphatic carbocycles. The van der Waals surface area contributed by atoms with Crippen LogP contribution in [0.5, 0.6) is 0 Å². The van der Waals surface area contributed by atoms with Crippen molar-refractivity contribution in [3.8, 4) is 0 Å². The van der Waals surface area contributed by atoms with Gasteiger partial charge in [-0.25, -0.2) is 9.37 Å². The first-order valence-corrected chi connectivity index (χ1v) is 8.56. The van der Waals surface area contributed by atoms with E-state index < -0.39 is 11.5 Å². The predicted octanol–water partition coefficient (Wildman–Crippen LogP) is 3.23. The molecule has 0 saturated carbocycles. The molecule has 3 aromatic heterocycles. The molecule has 28 heavy (non-hydrogen) atoms. The number of benzene rings is 1. The van der Waals surface area contributed by atoms with Crippen molar-refractivity contribution in [1.82, 2.24) is 14.5 Å². The molecule has 4 aromatic rings. The summed E-state index contributed by atoms with van der Waals surface area (Å²) in [6.45, 7) is 0.167. The number of carbonyl (C=O) groups excluding carboxylic acids is 1. The second-order valence-corrected chi connectivity index (χ2v) is 6.19. The monoisotopic (exact) mass is 374 g/mol. The molecule has 1 aromatic carbocycles. The zero-order chi connectivity index (χ0) is 19.5. The average Bonchev–Trinajstić information content (AvgIpc) is 2.72. The molecule has 4 rings (SSSR count). The van der Waals surface area contributed by atoms with Crippen LogP contribution in [-0.2, 0) is 6.54 Å². The quantitative estimate of drug-likeness (QED) is 0.595. The Hall–Kier alpha value is -3.87. The number of pyridine rings is 3. The number of hydrogen-bond donors (Lipinski definition) is 1. The van der Waals surface area contributed by atoms with E-state index in [1.807, 2.05) is 0 Å². The lowest BCUT2D eigenvalue weighted by molar-refractivity contribution is 0.102. The summed E-state index contributed by atoms with van der Waals surface area (Å²) < 4.78 is 14.6. The number of aromatic nitrogens is 3. The maximum absolute atomic E-state index is 13.2. The fraction of sp³-hybridized carbons (Fsp3) is 0.0476. The highest BCUT2D eigenvalue weighted by Gasteiger charge is 2.17. The molecule has 138 valence electrons. The molecular formula is C21H15FN4O2. The van der Waals surface area contributed by atoms with E-state index in [-0.39, 0.29) is 17.9 Å². The Kier molecular flexibility index (Phi) is 4.63. The van der Waals surface area contributed by atoms with Crippen molar-refractivity contribution in [3.63, 3.8) is 0 Å².